The van der Waals surface area contributed by atoms with Gasteiger partial charge in [-0.1, -0.05) is 0 Å². The fraction of sp³-hybridized carbons (Fsp3) is 0.545. The minimum absolute atomic E-state index is 0.214. The van der Waals surface area contributed by atoms with Crippen molar-refractivity contribution < 1.29 is 5.11 Å². The molecule has 1 heterocycles. The molecule has 0 saturated carbocycles. The maximum Gasteiger partial charge on any atom is 0.100 e. The van der Waals surface area contributed by atoms with Crippen LogP contribution in [0.4, 0.5) is 0 Å². The lowest BCUT2D eigenvalue weighted by Crippen LogP contribution is -2.31. The third-order valence-corrected chi connectivity index (χ3v) is 3.87. The highest BCUT2D eigenvalue weighted by Crippen LogP contribution is 2.14. The van der Waals surface area contributed by atoms with Gasteiger partial charge in [0.15, 0.2) is 0 Å². The zero-order valence-electron chi connectivity index (χ0n) is 9.27. The van der Waals surface area contributed by atoms with Gasteiger partial charge in [-0.15, -0.1) is 11.3 Å². The molecule has 0 saturated heterocycles. The highest BCUT2D eigenvalue weighted by Gasteiger charge is 2.07. The Bertz CT molecular complexity index is 340. The van der Waals surface area contributed by atoms with Gasteiger partial charge in [0.1, 0.15) is 6.07 Å². The van der Waals surface area contributed by atoms with Crippen molar-refractivity contribution in [1.29, 1.82) is 5.26 Å². The van der Waals surface area contributed by atoms with Gasteiger partial charge in [-0.25, -0.2) is 0 Å². The van der Waals surface area contributed by atoms with Gasteiger partial charge in [0.25, 0.3) is 0 Å². The average Bonchev–Trinajstić information content (AvgIpc) is 2.74. The van der Waals surface area contributed by atoms with Crippen LogP contribution in [0, 0.1) is 11.3 Å². The van der Waals surface area contributed by atoms with Crippen LogP contribution in [0.1, 0.15) is 16.9 Å². The first-order valence-electron chi connectivity index (χ1n) is 5.10. The summed E-state index contributed by atoms with van der Waals surface area (Å²) in [4.78, 5) is 1.17. The zero-order chi connectivity index (χ0) is 11.8. The molecule has 0 radical (unpaired) electrons. The van der Waals surface area contributed by atoms with E-state index in [-0.39, 0.29) is 6.61 Å². The number of aliphatic hydroxyl groups is 1. The number of nitrogens with one attached hydrogen (secondary N) is 1. The van der Waals surface area contributed by atoms with Crippen molar-refractivity contribution in [2.45, 2.75) is 19.0 Å². The van der Waals surface area contributed by atoms with Crippen molar-refractivity contribution in [2.24, 2.45) is 0 Å². The van der Waals surface area contributed by atoms with Gasteiger partial charge in [-0.3, -0.25) is 0 Å². The molecule has 88 valence electrons. The number of hydrogen-bond donors (Lipinski definition) is 2. The van der Waals surface area contributed by atoms with Gasteiger partial charge >= 0.3 is 0 Å². The molecule has 0 spiro atoms. The minimum atomic E-state index is 0.214. The summed E-state index contributed by atoms with van der Waals surface area (Å²) in [5.41, 5.74) is 0.727. The van der Waals surface area contributed by atoms with Crippen LogP contribution in [0.25, 0.3) is 0 Å². The molecule has 5 heteroatoms. The lowest BCUT2D eigenvalue weighted by atomic mass is 10.2. The summed E-state index contributed by atoms with van der Waals surface area (Å²) in [7, 11) is 0. The number of nitrogens with zero attached hydrogens (tertiary/aromatic N) is 1. The SMILES string of the molecule is CSCC(CCO)NCc1cc(C#N)cs1. The number of thiophene rings is 1. The number of hydrogen-bond acceptors (Lipinski definition) is 5. The standard InChI is InChI=1S/C11H16N2OS2/c1-15-8-10(2-3-14)13-6-11-4-9(5-12)7-16-11/h4,7,10,13-14H,2-3,6,8H2,1H3. The predicted octanol–water partition coefficient (Wildman–Crippen LogP) is 1.82. The van der Waals surface area contributed by atoms with E-state index in [0.717, 1.165) is 24.3 Å². The largest absolute Gasteiger partial charge is 0.396 e. The van der Waals surface area contributed by atoms with E-state index in [1.807, 2.05) is 11.4 Å². The van der Waals surface area contributed by atoms with E-state index < -0.39 is 0 Å². The number of rotatable bonds is 7. The third kappa shape index (κ3) is 4.54. The Morgan fingerprint density at radius 2 is 2.50 bits per heavy atom. The first kappa shape index (κ1) is 13.5. The number of aliphatic hydroxyl groups excluding tert-OH is 1. The number of thioether (sulfide) groups is 1. The van der Waals surface area contributed by atoms with E-state index in [2.05, 4.69) is 17.6 Å². The molecule has 0 amide bonds. The molecule has 0 aromatic carbocycles. The van der Waals surface area contributed by atoms with Gasteiger partial charge in [-0.05, 0) is 18.7 Å². The van der Waals surface area contributed by atoms with Gasteiger partial charge in [0.05, 0.1) is 5.56 Å². The second-order valence-electron chi connectivity index (χ2n) is 3.46. The monoisotopic (exact) mass is 256 g/mol. The third-order valence-electron chi connectivity index (χ3n) is 2.19. The minimum Gasteiger partial charge on any atom is -0.396 e. The smallest absolute Gasteiger partial charge is 0.100 e. The van der Waals surface area contributed by atoms with Crippen molar-refractivity contribution in [3.8, 4) is 6.07 Å². The molecule has 0 aliphatic carbocycles. The molecule has 0 bridgehead atoms. The molecule has 0 aliphatic heterocycles. The summed E-state index contributed by atoms with van der Waals surface area (Å²) >= 11 is 3.37. The van der Waals surface area contributed by atoms with Crippen LogP contribution in [-0.2, 0) is 6.54 Å². The van der Waals surface area contributed by atoms with E-state index in [1.165, 1.54) is 4.88 Å². The normalized spacial score (nSPS) is 12.3. The van der Waals surface area contributed by atoms with Crippen LogP contribution in [0.5, 0.6) is 0 Å². The van der Waals surface area contributed by atoms with E-state index in [1.54, 1.807) is 23.1 Å². The van der Waals surface area contributed by atoms with Crippen LogP contribution in [0.3, 0.4) is 0 Å². The quantitative estimate of drug-likeness (QED) is 0.781. The molecule has 1 aromatic heterocycles. The van der Waals surface area contributed by atoms with Crippen LogP contribution in [0.15, 0.2) is 11.4 Å². The first-order chi connectivity index (χ1) is 7.80. The molecule has 1 aromatic rings. The topological polar surface area (TPSA) is 56.0 Å². The fourth-order valence-electron chi connectivity index (χ4n) is 1.38. The van der Waals surface area contributed by atoms with E-state index in [0.29, 0.717) is 6.04 Å². The molecular weight excluding hydrogens is 240 g/mol. The van der Waals surface area contributed by atoms with Crippen molar-refractivity contribution in [2.75, 3.05) is 18.6 Å². The van der Waals surface area contributed by atoms with Gasteiger partial charge < -0.3 is 10.4 Å². The van der Waals surface area contributed by atoms with Crippen LogP contribution in [0.2, 0.25) is 0 Å². The Morgan fingerprint density at radius 1 is 1.69 bits per heavy atom. The summed E-state index contributed by atoms with van der Waals surface area (Å²) in [6.07, 6.45) is 2.84. The van der Waals surface area contributed by atoms with Gasteiger partial charge in [-0.2, -0.15) is 17.0 Å². The number of nitriles is 1. The van der Waals surface area contributed by atoms with Crippen molar-refractivity contribution in [1.82, 2.24) is 5.32 Å². The molecule has 16 heavy (non-hydrogen) atoms. The maximum atomic E-state index is 8.91. The lowest BCUT2D eigenvalue weighted by molar-refractivity contribution is 0.270. The molecule has 0 aliphatic rings. The van der Waals surface area contributed by atoms with E-state index >= 15 is 0 Å². The predicted molar refractivity (Wildman–Crippen MR) is 69.7 cm³/mol. The second kappa shape index (κ2) is 7.69. The Labute approximate surface area is 104 Å². The average molecular weight is 256 g/mol. The lowest BCUT2D eigenvalue weighted by Gasteiger charge is -2.15. The molecule has 1 rings (SSSR count). The first-order valence-corrected chi connectivity index (χ1v) is 7.38. The second-order valence-corrected chi connectivity index (χ2v) is 5.37. The van der Waals surface area contributed by atoms with Gasteiger partial charge in [0.2, 0.25) is 0 Å². The van der Waals surface area contributed by atoms with E-state index in [4.69, 9.17) is 10.4 Å². The van der Waals surface area contributed by atoms with Gasteiger partial charge in [0, 0.05) is 35.2 Å². The molecule has 1 unspecified atom stereocenters. The summed E-state index contributed by atoms with van der Waals surface area (Å²) in [6, 6.07) is 4.37. The van der Waals surface area contributed by atoms with Crippen molar-refractivity contribution in [3.63, 3.8) is 0 Å². The molecule has 2 N–H and O–H groups in total. The Morgan fingerprint density at radius 3 is 3.06 bits per heavy atom. The molecule has 3 nitrogen and oxygen atoms in total. The Kier molecular flexibility index (Phi) is 6.50. The molecule has 1 atom stereocenters. The highest BCUT2D eigenvalue weighted by molar-refractivity contribution is 7.98. The maximum absolute atomic E-state index is 8.91. The van der Waals surface area contributed by atoms with E-state index in [9.17, 15) is 0 Å². The fourth-order valence-corrected chi connectivity index (χ4v) is 2.83. The summed E-state index contributed by atoms with van der Waals surface area (Å²) < 4.78 is 0. The summed E-state index contributed by atoms with van der Waals surface area (Å²) in [5.74, 6) is 0.997. The van der Waals surface area contributed by atoms with Crippen LogP contribution >= 0.6 is 23.1 Å². The summed E-state index contributed by atoms with van der Waals surface area (Å²) in [6.45, 7) is 0.990. The van der Waals surface area contributed by atoms with Crippen molar-refractivity contribution in [3.05, 3.63) is 21.9 Å². The zero-order valence-corrected chi connectivity index (χ0v) is 10.9. The van der Waals surface area contributed by atoms with Crippen molar-refractivity contribution >= 4 is 23.1 Å². The van der Waals surface area contributed by atoms with Crippen LogP contribution < -0.4 is 5.32 Å². The van der Waals surface area contributed by atoms with Crippen LogP contribution in [-0.4, -0.2) is 29.8 Å². The Hall–Kier alpha value is -0.540. The molecule has 0 fully saturated rings. The summed E-state index contributed by atoms with van der Waals surface area (Å²) in [5, 5.41) is 22.9. The molecular formula is C11H16N2OS2. The highest BCUT2D eigenvalue weighted by atomic mass is 32.2. The Balaban J connectivity index is 2.39.